The summed E-state index contributed by atoms with van der Waals surface area (Å²) < 4.78 is 51.4. The van der Waals surface area contributed by atoms with Crippen molar-refractivity contribution < 1.29 is 27.1 Å². The van der Waals surface area contributed by atoms with Crippen molar-refractivity contribution in [2.45, 2.75) is 26.4 Å². The van der Waals surface area contributed by atoms with Gasteiger partial charge >= 0.3 is 12.1 Å². The van der Waals surface area contributed by atoms with Gasteiger partial charge in [0.25, 0.3) is 0 Å². The molecule has 0 heterocycles. The minimum atomic E-state index is -4.35. The van der Waals surface area contributed by atoms with Crippen LogP contribution in [0.1, 0.15) is 20.3 Å². The van der Waals surface area contributed by atoms with Crippen LogP contribution >= 0.6 is 0 Å². The van der Waals surface area contributed by atoms with E-state index in [1.54, 1.807) is 0 Å². The quantitative estimate of drug-likeness (QED) is 0.420. The Hall–Kier alpha value is -1.07. The van der Waals surface area contributed by atoms with Crippen LogP contribution in [-0.4, -0.2) is 25.4 Å². The Morgan fingerprint density at radius 3 is 2.20 bits per heavy atom. The average molecular weight is 228 g/mol. The van der Waals surface area contributed by atoms with Crippen molar-refractivity contribution in [2.24, 2.45) is 0 Å². The van der Waals surface area contributed by atoms with E-state index in [-0.39, 0.29) is 11.1 Å². The number of alkyl halides is 4. The normalized spacial score (nSPS) is 13.5. The van der Waals surface area contributed by atoms with Gasteiger partial charge in [-0.15, -0.1) is 0 Å². The van der Waals surface area contributed by atoms with E-state index in [2.05, 4.69) is 4.74 Å². The fourth-order valence-electron chi connectivity index (χ4n) is 0.642. The minimum Gasteiger partial charge on any atom is -0.462 e. The third-order valence-electron chi connectivity index (χ3n) is 1.77. The number of carbonyl (C=O) groups is 1. The Bertz CT molecular complexity index is 255. The van der Waals surface area contributed by atoms with Crippen LogP contribution < -0.4 is 0 Å². The molecule has 0 fully saturated rings. The molecule has 0 aromatic heterocycles. The van der Waals surface area contributed by atoms with Crippen molar-refractivity contribution in [3.05, 3.63) is 11.1 Å². The van der Waals surface area contributed by atoms with Crippen molar-refractivity contribution in [1.29, 1.82) is 0 Å². The van der Waals surface area contributed by atoms with Crippen LogP contribution in [0.15, 0.2) is 11.1 Å². The van der Waals surface area contributed by atoms with E-state index in [9.17, 15) is 22.4 Å². The first-order valence-electron chi connectivity index (χ1n) is 4.24. The largest absolute Gasteiger partial charge is 0.462 e. The Labute approximate surface area is 84.9 Å². The first-order valence-corrected chi connectivity index (χ1v) is 4.24. The first kappa shape index (κ1) is 13.9. The lowest BCUT2D eigenvalue weighted by Crippen LogP contribution is -2.15. The van der Waals surface area contributed by atoms with E-state index in [4.69, 9.17) is 0 Å². The Balaban J connectivity index is 4.06. The smallest absolute Gasteiger partial charge is 0.392 e. The van der Waals surface area contributed by atoms with Crippen LogP contribution in [0.4, 0.5) is 17.6 Å². The molecule has 0 N–H and O–H groups in total. The van der Waals surface area contributed by atoms with E-state index < -0.39 is 31.8 Å². The molecule has 0 unspecified atom stereocenters. The average Bonchev–Trinajstić information content (AvgIpc) is 2.13. The fraction of sp³-hybridized carbons (Fsp3) is 0.667. The molecule has 0 aromatic carbocycles. The molecule has 0 aliphatic rings. The topological polar surface area (TPSA) is 26.3 Å². The summed E-state index contributed by atoms with van der Waals surface area (Å²) in [5.41, 5.74) is 0.173. The van der Waals surface area contributed by atoms with Crippen molar-refractivity contribution in [2.75, 3.05) is 13.3 Å². The molecular weight excluding hydrogens is 216 g/mol. The summed E-state index contributed by atoms with van der Waals surface area (Å²) in [4.78, 5) is 11.0. The Morgan fingerprint density at radius 2 is 1.80 bits per heavy atom. The summed E-state index contributed by atoms with van der Waals surface area (Å²) in [6, 6.07) is 0. The van der Waals surface area contributed by atoms with Gasteiger partial charge in [-0.25, -0.2) is 9.18 Å². The maximum Gasteiger partial charge on any atom is 0.392 e. The summed E-state index contributed by atoms with van der Waals surface area (Å²) in [5.74, 6) is -0.908. The second-order valence-electron chi connectivity index (χ2n) is 3.04. The van der Waals surface area contributed by atoms with E-state index in [1.165, 1.54) is 13.8 Å². The van der Waals surface area contributed by atoms with Gasteiger partial charge in [-0.05, 0) is 19.4 Å². The number of ether oxygens (including phenoxy) is 1. The standard InChI is InChI=1S/C9H12F4O2/c1-6(5-10)7(2)8(14)15-4-3-9(11,12)13/h3-5H2,1-2H3. The number of esters is 1. The SMILES string of the molecule is CC(CF)=C(C)C(=O)OCCC(F)(F)F. The van der Waals surface area contributed by atoms with Crippen LogP contribution in [0.3, 0.4) is 0 Å². The third-order valence-corrected chi connectivity index (χ3v) is 1.77. The van der Waals surface area contributed by atoms with Gasteiger partial charge in [0.1, 0.15) is 13.3 Å². The summed E-state index contributed by atoms with van der Waals surface area (Å²) in [6.07, 6.45) is -5.55. The lowest BCUT2D eigenvalue weighted by molar-refractivity contribution is -0.156. The van der Waals surface area contributed by atoms with Gasteiger partial charge in [0.15, 0.2) is 0 Å². The Morgan fingerprint density at radius 1 is 1.27 bits per heavy atom. The molecule has 0 aromatic rings. The monoisotopic (exact) mass is 228 g/mol. The molecule has 0 atom stereocenters. The van der Waals surface area contributed by atoms with Gasteiger partial charge < -0.3 is 4.74 Å². The van der Waals surface area contributed by atoms with Gasteiger partial charge in [-0.3, -0.25) is 0 Å². The van der Waals surface area contributed by atoms with Gasteiger partial charge in [0.05, 0.1) is 6.42 Å². The van der Waals surface area contributed by atoms with Crippen molar-refractivity contribution >= 4 is 5.97 Å². The van der Waals surface area contributed by atoms with Crippen LogP contribution in [0.5, 0.6) is 0 Å². The maximum atomic E-state index is 12.1. The molecule has 0 amide bonds. The number of halogens is 4. The zero-order valence-corrected chi connectivity index (χ0v) is 8.45. The van der Waals surface area contributed by atoms with E-state index >= 15 is 0 Å². The molecule has 15 heavy (non-hydrogen) atoms. The van der Waals surface area contributed by atoms with E-state index in [0.717, 1.165) is 0 Å². The van der Waals surface area contributed by atoms with E-state index in [0.29, 0.717) is 0 Å². The minimum absolute atomic E-state index is 0.0136. The molecule has 0 saturated carbocycles. The number of hydrogen-bond donors (Lipinski definition) is 0. The Kier molecular flexibility index (Phi) is 5.32. The van der Waals surface area contributed by atoms with E-state index in [1.807, 2.05) is 0 Å². The highest BCUT2D eigenvalue weighted by atomic mass is 19.4. The van der Waals surface area contributed by atoms with Gasteiger partial charge in [-0.1, -0.05) is 0 Å². The number of allylic oxidation sites excluding steroid dienone is 1. The zero-order valence-electron chi connectivity index (χ0n) is 8.45. The lowest BCUT2D eigenvalue weighted by atomic mass is 10.2. The van der Waals surface area contributed by atoms with Gasteiger partial charge in [0.2, 0.25) is 0 Å². The number of carbonyl (C=O) groups excluding carboxylic acids is 1. The second kappa shape index (κ2) is 5.72. The summed E-state index contributed by atoms with van der Waals surface area (Å²) in [6.45, 7) is 1.13. The molecule has 0 rings (SSSR count). The molecular formula is C9H12F4O2. The second-order valence-corrected chi connectivity index (χ2v) is 3.04. The molecule has 2 nitrogen and oxygen atoms in total. The predicted molar refractivity (Wildman–Crippen MR) is 46.0 cm³/mol. The van der Waals surface area contributed by atoms with Crippen molar-refractivity contribution in [3.8, 4) is 0 Å². The van der Waals surface area contributed by atoms with Crippen molar-refractivity contribution in [3.63, 3.8) is 0 Å². The molecule has 6 heteroatoms. The molecule has 0 aliphatic heterocycles. The summed E-state index contributed by atoms with van der Waals surface area (Å²) in [7, 11) is 0. The van der Waals surface area contributed by atoms with Gasteiger partial charge in [0, 0.05) is 5.57 Å². The number of hydrogen-bond acceptors (Lipinski definition) is 2. The van der Waals surface area contributed by atoms with Crippen LogP contribution in [0.2, 0.25) is 0 Å². The summed E-state index contributed by atoms with van der Waals surface area (Å²) in [5, 5.41) is 0. The fourth-order valence-corrected chi connectivity index (χ4v) is 0.642. The molecule has 0 spiro atoms. The van der Waals surface area contributed by atoms with Crippen LogP contribution in [0, 0.1) is 0 Å². The van der Waals surface area contributed by atoms with Gasteiger partial charge in [-0.2, -0.15) is 13.2 Å². The highest BCUT2D eigenvalue weighted by Gasteiger charge is 2.27. The predicted octanol–water partition coefficient (Wildman–Crippen LogP) is 2.79. The molecule has 0 aliphatic carbocycles. The maximum absolute atomic E-state index is 12.1. The van der Waals surface area contributed by atoms with Crippen LogP contribution in [-0.2, 0) is 9.53 Å². The first-order chi connectivity index (χ1) is 6.78. The lowest BCUT2D eigenvalue weighted by Gasteiger charge is -2.08. The summed E-state index contributed by atoms with van der Waals surface area (Å²) >= 11 is 0. The third kappa shape index (κ3) is 6.09. The van der Waals surface area contributed by atoms with Crippen LogP contribution in [0.25, 0.3) is 0 Å². The highest BCUT2D eigenvalue weighted by molar-refractivity contribution is 5.88. The molecule has 0 bridgehead atoms. The van der Waals surface area contributed by atoms with Crippen molar-refractivity contribution in [1.82, 2.24) is 0 Å². The highest BCUT2D eigenvalue weighted by Crippen LogP contribution is 2.19. The molecule has 0 radical (unpaired) electrons. The number of rotatable bonds is 4. The molecule has 0 saturated heterocycles. The molecule has 88 valence electrons. The zero-order chi connectivity index (χ0) is 12.1.